The SMILES string of the molecule is COc1ccc(Cc2c(C)nc3c(N4CCCCC4)c(-c4ccccc4)[nH]n3c2=O)nc1. The summed E-state index contributed by atoms with van der Waals surface area (Å²) in [4.78, 5) is 25.3. The molecule has 7 heteroatoms. The predicted octanol–water partition coefficient (Wildman–Crippen LogP) is 3.98. The Kier molecular flexibility index (Phi) is 5.39. The van der Waals surface area contributed by atoms with Crippen molar-refractivity contribution < 1.29 is 4.74 Å². The number of hydrogen-bond donors (Lipinski definition) is 1. The zero-order valence-electron chi connectivity index (χ0n) is 18.5. The van der Waals surface area contributed by atoms with Crippen LogP contribution in [0.15, 0.2) is 53.5 Å². The Morgan fingerprint density at radius 2 is 1.84 bits per heavy atom. The van der Waals surface area contributed by atoms with E-state index in [0.717, 1.165) is 54.3 Å². The molecule has 0 amide bonds. The molecule has 0 aliphatic carbocycles. The second-order valence-electron chi connectivity index (χ2n) is 8.26. The third-order valence-corrected chi connectivity index (χ3v) is 6.18. The number of nitrogens with zero attached hydrogens (tertiary/aromatic N) is 4. The van der Waals surface area contributed by atoms with E-state index >= 15 is 0 Å². The lowest BCUT2D eigenvalue weighted by Crippen LogP contribution is -2.30. The Morgan fingerprint density at radius 3 is 2.53 bits per heavy atom. The average Bonchev–Trinajstić information content (AvgIpc) is 3.22. The van der Waals surface area contributed by atoms with Gasteiger partial charge in [-0.15, -0.1) is 0 Å². The number of fused-ring (bicyclic) bond motifs is 1. The van der Waals surface area contributed by atoms with Gasteiger partial charge in [-0.1, -0.05) is 30.3 Å². The maximum atomic E-state index is 13.6. The van der Waals surface area contributed by atoms with Crippen LogP contribution in [0.25, 0.3) is 16.9 Å². The Morgan fingerprint density at radius 1 is 1.06 bits per heavy atom. The Bertz CT molecular complexity index is 1290. The highest BCUT2D eigenvalue weighted by Crippen LogP contribution is 2.34. The number of pyridine rings is 1. The van der Waals surface area contributed by atoms with Crippen molar-refractivity contribution in [1.82, 2.24) is 19.6 Å². The molecule has 164 valence electrons. The number of ether oxygens (including phenoxy) is 1. The first-order valence-corrected chi connectivity index (χ1v) is 11.1. The smallest absolute Gasteiger partial charge is 0.276 e. The molecule has 0 atom stereocenters. The minimum Gasteiger partial charge on any atom is -0.495 e. The van der Waals surface area contributed by atoms with Crippen LogP contribution in [0.2, 0.25) is 0 Å². The third-order valence-electron chi connectivity index (χ3n) is 6.18. The number of piperidine rings is 1. The second-order valence-corrected chi connectivity index (χ2v) is 8.26. The van der Waals surface area contributed by atoms with Crippen LogP contribution in [-0.2, 0) is 6.42 Å². The van der Waals surface area contributed by atoms with Crippen LogP contribution in [-0.4, -0.2) is 39.8 Å². The van der Waals surface area contributed by atoms with Crippen molar-refractivity contribution in [2.45, 2.75) is 32.6 Å². The van der Waals surface area contributed by atoms with E-state index in [4.69, 9.17) is 9.72 Å². The van der Waals surface area contributed by atoms with Gasteiger partial charge in [0.1, 0.15) is 11.4 Å². The fourth-order valence-corrected chi connectivity index (χ4v) is 4.45. The molecule has 7 nitrogen and oxygen atoms in total. The number of aromatic amines is 1. The molecule has 4 aromatic rings. The number of aryl methyl sites for hydroxylation is 1. The molecule has 0 radical (unpaired) electrons. The molecule has 0 bridgehead atoms. The van der Waals surface area contributed by atoms with E-state index < -0.39 is 0 Å². The van der Waals surface area contributed by atoms with Crippen LogP contribution in [0, 0.1) is 6.92 Å². The van der Waals surface area contributed by atoms with E-state index in [1.807, 2.05) is 37.3 Å². The zero-order valence-corrected chi connectivity index (χ0v) is 18.5. The number of hydrogen-bond acceptors (Lipinski definition) is 5. The maximum Gasteiger partial charge on any atom is 0.276 e. The molecule has 0 saturated carbocycles. The van der Waals surface area contributed by atoms with E-state index in [0.29, 0.717) is 23.4 Å². The molecular formula is C25H27N5O2. The van der Waals surface area contributed by atoms with Gasteiger partial charge in [0.05, 0.1) is 19.0 Å². The monoisotopic (exact) mass is 429 g/mol. The van der Waals surface area contributed by atoms with Gasteiger partial charge in [0, 0.05) is 42.0 Å². The third kappa shape index (κ3) is 3.64. The molecule has 0 unspecified atom stereocenters. The normalized spacial score (nSPS) is 14.1. The molecule has 3 aromatic heterocycles. The van der Waals surface area contributed by atoms with Gasteiger partial charge >= 0.3 is 0 Å². The number of H-pyrrole nitrogens is 1. The Labute approximate surface area is 186 Å². The lowest BCUT2D eigenvalue weighted by Gasteiger charge is -2.28. The van der Waals surface area contributed by atoms with Crippen molar-refractivity contribution in [3.8, 4) is 17.0 Å². The van der Waals surface area contributed by atoms with Crippen LogP contribution < -0.4 is 15.2 Å². The number of anilines is 1. The van der Waals surface area contributed by atoms with Crippen LogP contribution in [0.3, 0.4) is 0 Å². The Balaban J connectivity index is 1.65. The Hall–Kier alpha value is -3.61. The van der Waals surface area contributed by atoms with Crippen molar-refractivity contribution in [2.75, 3.05) is 25.1 Å². The van der Waals surface area contributed by atoms with Crippen LogP contribution in [0.1, 0.15) is 36.2 Å². The molecule has 1 saturated heterocycles. The highest BCUT2D eigenvalue weighted by atomic mass is 16.5. The molecule has 1 aliphatic heterocycles. The zero-order chi connectivity index (χ0) is 22.1. The maximum absolute atomic E-state index is 13.6. The highest BCUT2D eigenvalue weighted by molar-refractivity contribution is 5.86. The van der Waals surface area contributed by atoms with Crippen molar-refractivity contribution in [3.05, 3.63) is 76.0 Å². The number of methoxy groups -OCH3 is 1. The first kappa shape index (κ1) is 20.3. The van der Waals surface area contributed by atoms with E-state index in [9.17, 15) is 4.79 Å². The standard InChI is InChI=1S/C25H27N5O2/c1-17-21(15-19-11-12-20(32-2)16-26-19)25(31)30-24(27-17)23(29-13-7-4-8-14-29)22(28-30)18-9-5-3-6-10-18/h3,5-6,9-12,16,28H,4,7-8,13-15H2,1-2H3. The van der Waals surface area contributed by atoms with Crippen LogP contribution in [0.5, 0.6) is 5.75 Å². The second kappa shape index (κ2) is 8.49. The predicted molar refractivity (Wildman–Crippen MR) is 126 cm³/mol. The number of rotatable bonds is 5. The summed E-state index contributed by atoms with van der Waals surface area (Å²) >= 11 is 0. The molecule has 0 spiro atoms. The summed E-state index contributed by atoms with van der Waals surface area (Å²) in [5, 5.41) is 3.38. The molecule has 1 fully saturated rings. The van der Waals surface area contributed by atoms with E-state index in [1.165, 1.54) is 6.42 Å². The summed E-state index contributed by atoms with van der Waals surface area (Å²) in [6.45, 7) is 3.86. The summed E-state index contributed by atoms with van der Waals surface area (Å²) < 4.78 is 6.80. The first-order chi connectivity index (χ1) is 15.7. The molecule has 1 N–H and O–H groups in total. The van der Waals surface area contributed by atoms with Crippen molar-refractivity contribution in [2.24, 2.45) is 0 Å². The molecular weight excluding hydrogens is 402 g/mol. The summed E-state index contributed by atoms with van der Waals surface area (Å²) in [5.41, 5.74) is 5.82. The first-order valence-electron chi connectivity index (χ1n) is 11.1. The van der Waals surface area contributed by atoms with Gasteiger partial charge in [0.25, 0.3) is 5.56 Å². The van der Waals surface area contributed by atoms with Crippen molar-refractivity contribution in [3.63, 3.8) is 0 Å². The van der Waals surface area contributed by atoms with Gasteiger partial charge < -0.3 is 9.64 Å². The summed E-state index contributed by atoms with van der Waals surface area (Å²) in [6.07, 6.45) is 5.63. The van der Waals surface area contributed by atoms with E-state index in [1.54, 1.807) is 17.8 Å². The van der Waals surface area contributed by atoms with Crippen molar-refractivity contribution in [1.29, 1.82) is 0 Å². The van der Waals surface area contributed by atoms with Crippen LogP contribution >= 0.6 is 0 Å². The molecule has 1 aromatic carbocycles. The average molecular weight is 430 g/mol. The van der Waals surface area contributed by atoms with Gasteiger partial charge in [-0.3, -0.25) is 14.9 Å². The number of benzene rings is 1. The summed E-state index contributed by atoms with van der Waals surface area (Å²) in [5.74, 6) is 0.693. The molecule has 1 aliphatic rings. The molecule has 4 heterocycles. The van der Waals surface area contributed by atoms with Gasteiger partial charge in [-0.05, 0) is 38.3 Å². The highest BCUT2D eigenvalue weighted by Gasteiger charge is 2.24. The topological polar surface area (TPSA) is 75.5 Å². The minimum atomic E-state index is -0.0782. The van der Waals surface area contributed by atoms with Gasteiger partial charge in [0.15, 0.2) is 5.65 Å². The summed E-state index contributed by atoms with van der Waals surface area (Å²) in [6, 6.07) is 13.9. The van der Waals surface area contributed by atoms with E-state index in [-0.39, 0.29) is 5.56 Å². The molecule has 32 heavy (non-hydrogen) atoms. The van der Waals surface area contributed by atoms with Gasteiger partial charge in [-0.2, -0.15) is 4.52 Å². The minimum absolute atomic E-state index is 0.0782. The number of aromatic nitrogens is 4. The largest absolute Gasteiger partial charge is 0.495 e. The lowest BCUT2D eigenvalue weighted by atomic mass is 10.1. The number of nitrogens with one attached hydrogen (secondary N) is 1. The van der Waals surface area contributed by atoms with E-state index in [2.05, 4.69) is 27.1 Å². The van der Waals surface area contributed by atoms with Gasteiger partial charge in [-0.25, -0.2) is 4.98 Å². The fourth-order valence-electron chi connectivity index (χ4n) is 4.45. The molecule has 5 rings (SSSR count). The lowest BCUT2D eigenvalue weighted by molar-refractivity contribution is 0.412. The fraction of sp³-hybridized carbons (Fsp3) is 0.320. The van der Waals surface area contributed by atoms with Crippen LogP contribution in [0.4, 0.5) is 5.69 Å². The quantitative estimate of drug-likeness (QED) is 0.519. The van der Waals surface area contributed by atoms with Gasteiger partial charge in [0.2, 0.25) is 0 Å². The summed E-state index contributed by atoms with van der Waals surface area (Å²) in [7, 11) is 1.61. The van der Waals surface area contributed by atoms with Crippen molar-refractivity contribution >= 4 is 11.3 Å².